The summed E-state index contributed by atoms with van der Waals surface area (Å²) in [4.78, 5) is 8.70. The zero-order valence-corrected chi connectivity index (χ0v) is 7.95. The molecule has 1 heterocycles. The van der Waals surface area contributed by atoms with Gasteiger partial charge in [0, 0.05) is 19.0 Å². The molecular formula is C11H14N2. The summed E-state index contributed by atoms with van der Waals surface area (Å²) >= 11 is 0. The lowest BCUT2D eigenvalue weighted by atomic mass is 10.2. The second-order valence-electron chi connectivity index (χ2n) is 2.89. The van der Waals surface area contributed by atoms with E-state index in [0.29, 0.717) is 0 Å². The van der Waals surface area contributed by atoms with Gasteiger partial charge in [-0.15, -0.1) is 13.2 Å². The number of aryl methyl sites for hydroxylation is 1. The Kier molecular flexibility index (Phi) is 3.38. The molecule has 0 fully saturated rings. The minimum Gasteiger partial charge on any atom is -0.257 e. The third-order valence-corrected chi connectivity index (χ3v) is 1.73. The van der Waals surface area contributed by atoms with Crippen molar-refractivity contribution < 1.29 is 0 Å². The molecule has 0 aliphatic heterocycles. The van der Waals surface area contributed by atoms with Crippen molar-refractivity contribution in [1.82, 2.24) is 9.97 Å². The van der Waals surface area contributed by atoms with Gasteiger partial charge in [-0.25, -0.2) is 0 Å². The van der Waals surface area contributed by atoms with Crippen molar-refractivity contribution in [3.8, 4) is 0 Å². The molecule has 0 spiro atoms. The van der Waals surface area contributed by atoms with E-state index in [2.05, 4.69) is 23.1 Å². The third-order valence-electron chi connectivity index (χ3n) is 1.73. The minimum atomic E-state index is 0.774. The Hall–Kier alpha value is -1.44. The van der Waals surface area contributed by atoms with Gasteiger partial charge < -0.3 is 0 Å². The van der Waals surface area contributed by atoms with Crippen LogP contribution in [-0.2, 0) is 12.8 Å². The molecule has 0 amide bonds. The summed E-state index contributed by atoms with van der Waals surface area (Å²) in [6.45, 7) is 9.32. The summed E-state index contributed by atoms with van der Waals surface area (Å²) in [6, 6.07) is 0. The van der Waals surface area contributed by atoms with E-state index in [1.807, 2.05) is 19.1 Å². The second-order valence-corrected chi connectivity index (χ2v) is 2.89. The summed E-state index contributed by atoms with van der Waals surface area (Å²) in [6.07, 6.45) is 7.02. The molecule has 1 rings (SSSR count). The molecule has 0 N–H and O–H groups in total. The Morgan fingerprint density at radius 2 is 1.85 bits per heavy atom. The van der Waals surface area contributed by atoms with E-state index in [4.69, 9.17) is 0 Å². The number of hydrogen-bond acceptors (Lipinski definition) is 2. The highest BCUT2D eigenvalue weighted by molar-refractivity contribution is 5.18. The van der Waals surface area contributed by atoms with Crippen molar-refractivity contribution in [1.29, 1.82) is 0 Å². The molecule has 0 saturated carbocycles. The van der Waals surface area contributed by atoms with E-state index in [9.17, 15) is 0 Å². The SMILES string of the molecule is C=CCc1ncc(C)nc1CC=C. The van der Waals surface area contributed by atoms with E-state index in [0.717, 1.165) is 29.9 Å². The van der Waals surface area contributed by atoms with Crippen molar-refractivity contribution in [2.75, 3.05) is 0 Å². The van der Waals surface area contributed by atoms with E-state index in [1.165, 1.54) is 0 Å². The van der Waals surface area contributed by atoms with Crippen molar-refractivity contribution >= 4 is 0 Å². The van der Waals surface area contributed by atoms with Gasteiger partial charge in [-0.1, -0.05) is 12.2 Å². The third kappa shape index (κ3) is 2.51. The van der Waals surface area contributed by atoms with Gasteiger partial charge in [0.1, 0.15) is 0 Å². The zero-order valence-electron chi connectivity index (χ0n) is 7.95. The summed E-state index contributed by atoms with van der Waals surface area (Å²) < 4.78 is 0. The molecular weight excluding hydrogens is 160 g/mol. The molecule has 0 bridgehead atoms. The Morgan fingerprint density at radius 3 is 2.46 bits per heavy atom. The largest absolute Gasteiger partial charge is 0.257 e. The minimum absolute atomic E-state index is 0.774. The van der Waals surface area contributed by atoms with Crippen LogP contribution >= 0.6 is 0 Å². The standard InChI is InChI=1S/C11H14N2/c1-4-6-10-11(7-5-2)13-9(3)8-12-10/h4-5,8H,1-2,6-7H2,3H3. The number of rotatable bonds is 4. The van der Waals surface area contributed by atoms with Crippen molar-refractivity contribution in [3.63, 3.8) is 0 Å². The Bertz CT molecular complexity index is 316. The smallest absolute Gasteiger partial charge is 0.0662 e. The maximum absolute atomic E-state index is 4.40. The maximum atomic E-state index is 4.40. The van der Waals surface area contributed by atoms with Crippen LogP contribution in [0.4, 0.5) is 0 Å². The van der Waals surface area contributed by atoms with E-state index in [1.54, 1.807) is 6.20 Å². The van der Waals surface area contributed by atoms with Gasteiger partial charge in [-0.2, -0.15) is 0 Å². The molecule has 0 aliphatic carbocycles. The lowest BCUT2D eigenvalue weighted by Crippen LogP contribution is -2.00. The van der Waals surface area contributed by atoms with Crippen LogP contribution in [0, 0.1) is 6.92 Å². The van der Waals surface area contributed by atoms with Crippen LogP contribution in [0.15, 0.2) is 31.5 Å². The van der Waals surface area contributed by atoms with Crippen LogP contribution in [-0.4, -0.2) is 9.97 Å². The molecule has 0 unspecified atom stereocenters. The first-order valence-electron chi connectivity index (χ1n) is 4.31. The molecule has 1 aromatic heterocycles. The summed E-state index contributed by atoms with van der Waals surface area (Å²) in [5.41, 5.74) is 2.96. The van der Waals surface area contributed by atoms with Crippen molar-refractivity contribution in [3.05, 3.63) is 48.6 Å². The highest BCUT2D eigenvalue weighted by atomic mass is 14.8. The fraction of sp³-hybridized carbons (Fsp3) is 0.273. The average Bonchev–Trinajstić information content (AvgIpc) is 2.10. The fourth-order valence-electron chi connectivity index (χ4n) is 1.16. The first kappa shape index (κ1) is 9.65. The predicted molar refractivity (Wildman–Crippen MR) is 54.6 cm³/mol. The van der Waals surface area contributed by atoms with Crippen LogP contribution in [0.1, 0.15) is 17.1 Å². The van der Waals surface area contributed by atoms with Crippen LogP contribution in [0.2, 0.25) is 0 Å². The first-order chi connectivity index (χ1) is 6.27. The highest BCUT2D eigenvalue weighted by Crippen LogP contribution is 2.06. The summed E-state index contributed by atoms with van der Waals surface area (Å²) in [5.74, 6) is 0. The second kappa shape index (κ2) is 4.55. The van der Waals surface area contributed by atoms with Gasteiger partial charge in [0.25, 0.3) is 0 Å². The lowest BCUT2D eigenvalue weighted by molar-refractivity contribution is 0.937. The molecule has 0 radical (unpaired) electrons. The van der Waals surface area contributed by atoms with E-state index < -0.39 is 0 Å². The summed E-state index contributed by atoms with van der Waals surface area (Å²) in [5, 5.41) is 0. The van der Waals surface area contributed by atoms with Crippen molar-refractivity contribution in [2.24, 2.45) is 0 Å². The fourth-order valence-corrected chi connectivity index (χ4v) is 1.16. The van der Waals surface area contributed by atoms with Gasteiger partial charge in [0.2, 0.25) is 0 Å². The van der Waals surface area contributed by atoms with E-state index in [-0.39, 0.29) is 0 Å². The van der Waals surface area contributed by atoms with Crippen LogP contribution in [0.25, 0.3) is 0 Å². The highest BCUT2D eigenvalue weighted by Gasteiger charge is 2.02. The molecule has 0 saturated heterocycles. The normalized spacial score (nSPS) is 9.62. The molecule has 0 aliphatic rings. The molecule has 0 aromatic carbocycles. The molecule has 2 heteroatoms. The molecule has 1 aromatic rings. The Morgan fingerprint density at radius 1 is 1.23 bits per heavy atom. The summed E-state index contributed by atoms with van der Waals surface area (Å²) in [7, 11) is 0. The molecule has 68 valence electrons. The Labute approximate surface area is 79.0 Å². The predicted octanol–water partition coefficient (Wildman–Crippen LogP) is 2.24. The quantitative estimate of drug-likeness (QED) is 0.654. The number of aromatic nitrogens is 2. The maximum Gasteiger partial charge on any atom is 0.0662 e. The van der Waals surface area contributed by atoms with E-state index >= 15 is 0 Å². The molecule has 0 atom stereocenters. The van der Waals surface area contributed by atoms with Gasteiger partial charge >= 0.3 is 0 Å². The number of hydrogen-bond donors (Lipinski definition) is 0. The van der Waals surface area contributed by atoms with Crippen molar-refractivity contribution in [2.45, 2.75) is 19.8 Å². The average molecular weight is 174 g/mol. The van der Waals surface area contributed by atoms with Gasteiger partial charge in [0.15, 0.2) is 0 Å². The van der Waals surface area contributed by atoms with Gasteiger partial charge in [-0.3, -0.25) is 9.97 Å². The zero-order chi connectivity index (χ0) is 9.68. The monoisotopic (exact) mass is 174 g/mol. The van der Waals surface area contributed by atoms with Gasteiger partial charge in [0.05, 0.1) is 17.1 Å². The van der Waals surface area contributed by atoms with Gasteiger partial charge in [-0.05, 0) is 6.92 Å². The Balaban J connectivity index is 3.01. The number of allylic oxidation sites excluding steroid dienone is 2. The van der Waals surface area contributed by atoms with Crippen LogP contribution in [0.5, 0.6) is 0 Å². The lowest BCUT2D eigenvalue weighted by Gasteiger charge is -2.04. The van der Waals surface area contributed by atoms with Crippen LogP contribution in [0.3, 0.4) is 0 Å². The topological polar surface area (TPSA) is 25.8 Å². The number of nitrogens with zero attached hydrogens (tertiary/aromatic N) is 2. The first-order valence-corrected chi connectivity index (χ1v) is 4.31. The molecule has 13 heavy (non-hydrogen) atoms. The molecule has 2 nitrogen and oxygen atoms in total. The van der Waals surface area contributed by atoms with Crippen LogP contribution < -0.4 is 0 Å².